The lowest BCUT2D eigenvalue weighted by molar-refractivity contribution is 0.532. The monoisotopic (exact) mass is 282 g/mol. The van der Waals surface area contributed by atoms with Crippen LogP contribution in [0.2, 0.25) is 0 Å². The zero-order valence-electron chi connectivity index (χ0n) is 13.0. The van der Waals surface area contributed by atoms with Crippen molar-refractivity contribution in [3.63, 3.8) is 0 Å². The minimum Gasteiger partial charge on any atom is -0.313 e. The highest BCUT2D eigenvalue weighted by Gasteiger charge is 2.19. The van der Waals surface area contributed by atoms with Gasteiger partial charge in [0.2, 0.25) is 0 Å². The number of nitrogens with one attached hydrogen (secondary N) is 1. The van der Waals surface area contributed by atoms with Crippen molar-refractivity contribution in [2.75, 3.05) is 7.05 Å². The molecule has 0 saturated heterocycles. The summed E-state index contributed by atoms with van der Waals surface area (Å²) in [6.45, 7) is 4.02. The Bertz CT molecular complexity index is 631. The van der Waals surface area contributed by atoms with Crippen LogP contribution < -0.4 is 5.32 Å². The van der Waals surface area contributed by atoms with Gasteiger partial charge in [0.25, 0.3) is 0 Å². The van der Waals surface area contributed by atoms with E-state index < -0.39 is 0 Å². The van der Waals surface area contributed by atoms with Gasteiger partial charge in [-0.05, 0) is 52.3 Å². The highest BCUT2D eigenvalue weighted by atomic mass is 14.9. The lowest BCUT2D eigenvalue weighted by atomic mass is 10.0. The van der Waals surface area contributed by atoms with Crippen LogP contribution in [-0.4, -0.2) is 22.0 Å². The van der Waals surface area contributed by atoms with Gasteiger partial charge in [-0.1, -0.05) is 6.42 Å². The van der Waals surface area contributed by atoms with E-state index in [2.05, 4.69) is 27.4 Å². The summed E-state index contributed by atoms with van der Waals surface area (Å²) in [6, 6.07) is 4.50. The number of aryl methyl sites for hydroxylation is 3. The third-order valence-electron chi connectivity index (χ3n) is 4.12. The highest BCUT2D eigenvalue weighted by Crippen LogP contribution is 2.28. The van der Waals surface area contributed by atoms with Crippen LogP contribution >= 0.6 is 0 Å². The maximum absolute atomic E-state index is 4.85. The fourth-order valence-electron chi connectivity index (χ4n) is 3.12. The Morgan fingerprint density at radius 2 is 1.86 bits per heavy atom. The second-order valence-corrected chi connectivity index (χ2v) is 5.82. The summed E-state index contributed by atoms with van der Waals surface area (Å²) in [6.07, 6.45) is 6.67. The minimum atomic E-state index is 0.387. The number of rotatable bonds is 2. The normalized spacial score (nSPS) is 18.1. The molecule has 4 heteroatoms. The Balaban J connectivity index is 2.04. The van der Waals surface area contributed by atoms with Crippen LogP contribution in [0.5, 0.6) is 0 Å². The molecule has 0 spiro atoms. The first-order chi connectivity index (χ1) is 10.2. The first-order valence-corrected chi connectivity index (χ1v) is 7.66. The van der Waals surface area contributed by atoms with Crippen LogP contribution in [0.4, 0.5) is 0 Å². The van der Waals surface area contributed by atoms with Crippen LogP contribution in [0.3, 0.4) is 0 Å². The quantitative estimate of drug-likeness (QED) is 0.860. The van der Waals surface area contributed by atoms with E-state index in [9.17, 15) is 0 Å². The zero-order chi connectivity index (χ0) is 14.8. The Morgan fingerprint density at radius 1 is 1.10 bits per heavy atom. The standard InChI is InChI=1S/C17H22N4/c1-11-8-13(9-12(2)20-11)17-19-10-14-15(18-3)6-4-5-7-16(14)21-17/h8-10,15,18H,4-7H2,1-3H3. The second kappa shape index (κ2) is 5.90. The first-order valence-electron chi connectivity index (χ1n) is 7.66. The van der Waals surface area contributed by atoms with Crippen molar-refractivity contribution in [2.45, 2.75) is 45.6 Å². The molecule has 0 amide bonds. The van der Waals surface area contributed by atoms with Crippen LogP contribution in [0.15, 0.2) is 18.3 Å². The van der Waals surface area contributed by atoms with Crippen molar-refractivity contribution < 1.29 is 0 Å². The number of pyridine rings is 1. The molecule has 3 rings (SSSR count). The summed E-state index contributed by atoms with van der Waals surface area (Å²) in [4.78, 5) is 13.9. The number of hydrogen-bond acceptors (Lipinski definition) is 4. The van der Waals surface area contributed by atoms with Gasteiger partial charge in [-0.2, -0.15) is 0 Å². The summed E-state index contributed by atoms with van der Waals surface area (Å²) in [5.41, 5.74) is 5.55. The number of hydrogen-bond donors (Lipinski definition) is 1. The maximum atomic E-state index is 4.85. The molecular formula is C17H22N4. The van der Waals surface area contributed by atoms with E-state index in [0.717, 1.165) is 29.2 Å². The second-order valence-electron chi connectivity index (χ2n) is 5.82. The van der Waals surface area contributed by atoms with E-state index in [1.807, 2.05) is 27.1 Å². The molecule has 2 aromatic heterocycles. The summed E-state index contributed by atoms with van der Waals surface area (Å²) < 4.78 is 0. The average molecular weight is 282 g/mol. The van der Waals surface area contributed by atoms with Crippen LogP contribution in [0.25, 0.3) is 11.4 Å². The Kier molecular flexibility index (Phi) is 3.97. The molecule has 21 heavy (non-hydrogen) atoms. The molecule has 0 fully saturated rings. The van der Waals surface area contributed by atoms with Gasteiger partial charge in [0, 0.05) is 40.4 Å². The highest BCUT2D eigenvalue weighted by molar-refractivity contribution is 5.56. The molecule has 1 atom stereocenters. The van der Waals surface area contributed by atoms with Gasteiger partial charge in [0.15, 0.2) is 5.82 Å². The molecule has 110 valence electrons. The Labute approximate surface area is 126 Å². The van der Waals surface area contributed by atoms with Gasteiger partial charge in [-0.15, -0.1) is 0 Å². The fraction of sp³-hybridized carbons (Fsp3) is 0.471. The van der Waals surface area contributed by atoms with Crippen LogP contribution in [0.1, 0.15) is 47.9 Å². The van der Waals surface area contributed by atoms with E-state index in [0.29, 0.717) is 6.04 Å². The lowest BCUT2D eigenvalue weighted by Crippen LogP contribution is -2.17. The molecule has 0 bridgehead atoms. The Morgan fingerprint density at radius 3 is 2.57 bits per heavy atom. The van der Waals surface area contributed by atoms with Gasteiger partial charge >= 0.3 is 0 Å². The van der Waals surface area contributed by atoms with Crippen molar-refractivity contribution >= 4 is 0 Å². The Hall–Kier alpha value is -1.81. The molecule has 2 heterocycles. The molecular weight excluding hydrogens is 260 g/mol. The zero-order valence-corrected chi connectivity index (χ0v) is 13.0. The van der Waals surface area contributed by atoms with Gasteiger partial charge in [0.05, 0.1) is 0 Å². The predicted octanol–water partition coefficient (Wildman–Crippen LogP) is 3.14. The van der Waals surface area contributed by atoms with Gasteiger partial charge in [0.1, 0.15) is 0 Å². The van der Waals surface area contributed by atoms with E-state index >= 15 is 0 Å². The van der Waals surface area contributed by atoms with Crippen molar-refractivity contribution in [3.05, 3.63) is 41.0 Å². The molecule has 1 N–H and O–H groups in total. The van der Waals surface area contributed by atoms with Gasteiger partial charge in [-0.3, -0.25) is 4.98 Å². The van der Waals surface area contributed by atoms with E-state index in [-0.39, 0.29) is 0 Å². The summed E-state index contributed by atoms with van der Waals surface area (Å²) in [5.74, 6) is 0.819. The van der Waals surface area contributed by atoms with E-state index in [1.165, 1.54) is 30.5 Å². The van der Waals surface area contributed by atoms with Gasteiger partial charge in [-0.25, -0.2) is 9.97 Å². The number of fused-ring (bicyclic) bond motifs is 1. The third kappa shape index (κ3) is 2.95. The number of aromatic nitrogens is 3. The van der Waals surface area contributed by atoms with E-state index in [1.54, 1.807) is 0 Å². The third-order valence-corrected chi connectivity index (χ3v) is 4.12. The lowest BCUT2D eigenvalue weighted by Gasteiger charge is -2.16. The van der Waals surface area contributed by atoms with Crippen molar-refractivity contribution in [2.24, 2.45) is 0 Å². The minimum absolute atomic E-state index is 0.387. The summed E-state index contributed by atoms with van der Waals surface area (Å²) in [7, 11) is 2.02. The molecule has 0 radical (unpaired) electrons. The molecule has 2 aromatic rings. The molecule has 1 aliphatic carbocycles. The van der Waals surface area contributed by atoms with Gasteiger partial charge < -0.3 is 5.32 Å². The SMILES string of the molecule is CNC1CCCCc2nc(-c3cc(C)nc(C)c3)ncc21. The molecule has 4 nitrogen and oxygen atoms in total. The largest absolute Gasteiger partial charge is 0.313 e. The topological polar surface area (TPSA) is 50.7 Å². The average Bonchev–Trinajstić information content (AvgIpc) is 2.67. The fourth-order valence-corrected chi connectivity index (χ4v) is 3.12. The first kappa shape index (κ1) is 14.1. The smallest absolute Gasteiger partial charge is 0.159 e. The van der Waals surface area contributed by atoms with Crippen molar-refractivity contribution in [3.8, 4) is 11.4 Å². The van der Waals surface area contributed by atoms with Crippen molar-refractivity contribution in [1.82, 2.24) is 20.3 Å². The number of nitrogens with zero attached hydrogens (tertiary/aromatic N) is 3. The molecule has 0 saturated carbocycles. The summed E-state index contributed by atoms with van der Waals surface area (Å²) in [5, 5.41) is 3.39. The molecule has 0 aromatic carbocycles. The van der Waals surface area contributed by atoms with Crippen LogP contribution in [0, 0.1) is 13.8 Å². The molecule has 1 unspecified atom stereocenters. The van der Waals surface area contributed by atoms with E-state index in [4.69, 9.17) is 4.98 Å². The maximum Gasteiger partial charge on any atom is 0.159 e. The predicted molar refractivity (Wildman–Crippen MR) is 84.1 cm³/mol. The molecule has 1 aliphatic rings. The van der Waals surface area contributed by atoms with Crippen LogP contribution in [-0.2, 0) is 6.42 Å². The summed E-state index contributed by atoms with van der Waals surface area (Å²) >= 11 is 0. The van der Waals surface area contributed by atoms with Crippen molar-refractivity contribution in [1.29, 1.82) is 0 Å². The molecule has 0 aliphatic heterocycles.